The van der Waals surface area contributed by atoms with Gasteiger partial charge in [0.25, 0.3) is 11.8 Å². The van der Waals surface area contributed by atoms with Gasteiger partial charge in [-0.1, -0.05) is 12.1 Å². The molecular formula is C19H21N5O3. The highest BCUT2D eigenvalue weighted by Crippen LogP contribution is 2.24. The second kappa shape index (κ2) is 6.96. The number of amides is 3. The number of aromatic nitrogens is 2. The molecule has 4 rings (SSSR count). The zero-order valence-electron chi connectivity index (χ0n) is 15.1. The lowest BCUT2D eigenvalue weighted by Gasteiger charge is -2.36. The molecular weight excluding hydrogens is 346 g/mol. The Labute approximate surface area is 156 Å². The van der Waals surface area contributed by atoms with Gasteiger partial charge in [-0.2, -0.15) is 0 Å². The Balaban J connectivity index is 1.45. The van der Waals surface area contributed by atoms with Crippen molar-refractivity contribution in [3.8, 4) is 0 Å². The Morgan fingerprint density at radius 1 is 1.22 bits per heavy atom. The first kappa shape index (κ1) is 17.4. The number of imide groups is 1. The highest BCUT2D eigenvalue weighted by atomic mass is 16.2. The fourth-order valence-electron chi connectivity index (χ4n) is 3.73. The molecule has 8 heteroatoms. The van der Waals surface area contributed by atoms with Gasteiger partial charge in [-0.3, -0.25) is 19.3 Å². The highest BCUT2D eigenvalue weighted by molar-refractivity contribution is 6.21. The predicted octanol–water partition coefficient (Wildman–Crippen LogP) is 0.579. The molecule has 0 spiro atoms. The van der Waals surface area contributed by atoms with Crippen molar-refractivity contribution in [3.63, 3.8) is 0 Å². The van der Waals surface area contributed by atoms with Crippen LogP contribution in [0.5, 0.6) is 0 Å². The van der Waals surface area contributed by atoms with Crippen LogP contribution in [0.25, 0.3) is 0 Å². The molecule has 8 nitrogen and oxygen atoms in total. The maximum Gasteiger partial charge on any atom is 0.261 e. The summed E-state index contributed by atoms with van der Waals surface area (Å²) in [7, 11) is 1.90. The molecule has 2 aliphatic rings. The first-order valence-corrected chi connectivity index (χ1v) is 9.00. The Hall–Kier alpha value is -3.00. The summed E-state index contributed by atoms with van der Waals surface area (Å²) in [6.07, 6.45) is 3.67. The van der Waals surface area contributed by atoms with E-state index in [2.05, 4.69) is 10.3 Å². The van der Waals surface area contributed by atoms with Crippen molar-refractivity contribution in [2.24, 2.45) is 7.05 Å². The average molecular weight is 367 g/mol. The van der Waals surface area contributed by atoms with Crippen molar-refractivity contribution >= 4 is 17.7 Å². The number of fused-ring (bicyclic) bond motifs is 1. The lowest BCUT2D eigenvalue weighted by atomic mass is 10.1. The van der Waals surface area contributed by atoms with E-state index >= 15 is 0 Å². The number of hydrogen-bond acceptors (Lipinski definition) is 5. The quantitative estimate of drug-likeness (QED) is 0.799. The van der Waals surface area contributed by atoms with Crippen molar-refractivity contribution in [2.75, 3.05) is 26.2 Å². The van der Waals surface area contributed by atoms with E-state index in [1.165, 1.54) is 4.90 Å². The van der Waals surface area contributed by atoms with Crippen LogP contribution in [0.1, 0.15) is 39.0 Å². The zero-order chi connectivity index (χ0) is 19.0. The Morgan fingerprint density at radius 3 is 2.56 bits per heavy atom. The van der Waals surface area contributed by atoms with Crippen LogP contribution in [0, 0.1) is 0 Å². The van der Waals surface area contributed by atoms with Crippen LogP contribution in [0.15, 0.2) is 36.7 Å². The van der Waals surface area contributed by atoms with E-state index in [-0.39, 0.29) is 36.7 Å². The van der Waals surface area contributed by atoms with E-state index in [4.69, 9.17) is 0 Å². The lowest BCUT2D eigenvalue weighted by molar-refractivity contribution is -0.134. The normalized spacial score (nSPS) is 19.5. The number of rotatable bonds is 4. The van der Waals surface area contributed by atoms with Gasteiger partial charge in [-0.05, 0) is 12.1 Å². The van der Waals surface area contributed by atoms with Gasteiger partial charge in [-0.25, -0.2) is 4.98 Å². The van der Waals surface area contributed by atoms with Gasteiger partial charge >= 0.3 is 0 Å². The van der Waals surface area contributed by atoms with E-state index in [1.807, 2.05) is 17.8 Å². The third kappa shape index (κ3) is 3.02. The van der Waals surface area contributed by atoms with Gasteiger partial charge in [0.1, 0.15) is 11.9 Å². The molecule has 0 radical (unpaired) electrons. The molecule has 1 unspecified atom stereocenters. The number of hydrogen-bond donors (Lipinski definition) is 1. The topological polar surface area (TPSA) is 87.5 Å². The smallest absolute Gasteiger partial charge is 0.261 e. The van der Waals surface area contributed by atoms with Gasteiger partial charge in [0.2, 0.25) is 5.91 Å². The number of carbonyl (C=O) groups is 3. The van der Waals surface area contributed by atoms with Crippen LogP contribution in [0.4, 0.5) is 0 Å². The van der Waals surface area contributed by atoms with Gasteiger partial charge in [0, 0.05) is 52.0 Å². The van der Waals surface area contributed by atoms with Crippen LogP contribution < -0.4 is 5.32 Å². The maximum absolute atomic E-state index is 12.9. The number of imidazole rings is 1. The first-order valence-electron chi connectivity index (χ1n) is 9.00. The minimum absolute atomic E-state index is 0.0824. The molecule has 1 N–H and O–H groups in total. The summed E-state index contributed by atoms with van der Waals surface area (Å²) < 4.78 is 1.90. The summed E-state index contributed by atoms with van der Waals surface area (Å²) >= 11 is 0. The van der Waals surface area contributed by atoms with Gasteiger partial charge in [-0.15, -0.1) is 0 Å². The second-order valence-corrected chi connectivity index (χ2v) is 6.76. The number of nitrogens with one attached hydrogen (secondary N) is 1. The van der Waals surface area contributed by atoms with Crippen molar-refractivity contribution in [1.29, 1.82) is 0 Å². The third-order valence-electron chi connectivity index (χ3n) is 5.15. The molecule has 1 aromatic carbocycles. The number of benzene rings is 1. The van der Waals surface area contributed by atoms with Crippen LogP contribution in [0.2, 0.25) is 0 Å². The molecule has 1 fully saturated rings. The molecule has 0 saturated carbocycles. The van der Waals surface area contributed by atoms with E-state index in [0.29, 0.717) is 30.8 Å². The van der Waals surface area contributed by atoms with Gasteiger partial charge in [0.05, 0.1) is 11.1 Å². The van der Waals surface area contributed by atoms with E-state index in [0.717, 1.165) is 5.82 Å². The summed E-state index contributed by atoms with van der Waals surface area (Å²) in [5.74, 6) is 0.0751. The fourth-order valence-corrected chi connectivity index (χ4v) is 3.73. The number of nitrogens with zero attached hydrogens (tertiary/aromatic N) is 4. The van der Waals surface area contributed by atoms with E-state index in [9.17, 15) is 14.4 Å². The molecule has 140 valence electrons. The molecule has 3 heterocycles. The molecule has 3 amide bonds. The highest BCUT2D eigenvalue weighted by Gasteiger charge is 2.36. The minimum atomic E-state index is -0.329. The Kier molecular flexibility index (Phi) is 4.49. The molecule has 0 aliphatic carbocycles. The predicted molar refractivity (Wildman–Crippen MR) is 97.0 cm³/mol. The first-order chi connectivity index (χ1) is 13.1. The minimum Gasteiger partial charge on any atom is -0.336 e. The molecule has 0 bridgehead atoms. The standard InChI is InChI=1S/C19H21N5O3/c1-22-10-8-21-17(22)15-12-20-7-11-23(15)16(25)6-9-24-18(26)13-4-2-3-5-14(13)19(24)27/h2-5,8,10,15,20H,6-7,9,11-12H2,1H3. The SMILES string of the molecule is Cn1ccnc1C1CNCCN1C(=O)CCN1C(=O)c2ccccc2C1=O. The molecule has 2 aromatic rings. The Morgan fingerprint density at radius 2 is 1.93 bits per heavy atom. The van der Waals surface area contributed by atoms with Crippen molar-refractivity contribution in [2.45, 2.75) is 12.5 Å². The van der Waals surface area contributed by atoms with Crippen LogP contribution in [0.3, 0.4) is 0 Å². The lowest BCUT2D eigenvalue weighted by Crippen LogP contribution is -2.50. The van der Waals surface area contributed by atoms with Crippen molar-refractivity contribution in [1.82, 2.24) is 24.7 Å². The summed E-state index contributed by atoms with van der Waals surface area (Å²) in [4.78, 5) is 45.1. The summed E-state index contributed by atoms with van der Waals surface area (Å²) in [5, 5.41) is 3.29. The average Bonchev–Trinajstić information content (AvgIpc) is 3.22. The monoisotopic (exact) mass is 367 g/mol. The summed E-state index contributed by atoms with van der Waals surface area (Å²) in [6.45, 7) is 1.99. The van der Waals surface area contributed by atoms with Gasteiger partial charge < -0.3 is 14.8 Å². The molecule has 2 aliphatic heterocycles. The second-order valence-electron chi connectivity index (χ2n) is 6.76. The fraction of sp³-hybridized carbons (Fsp3) is 0.368. The van der Waals surface area contributed by atoms with Crippen LogP contribution in [-0.4, -0.2) is 63.3 Å². The van der Waals surface area contributed by atoms with Crippen LogP contribution >= 0.6 is 0 Å². The summed E-state index contributed by atoms with van der Waals surface area (Å²) in [5.41, 5.74) is 0.811. The molecule has 1 aromatic heterocycles. The van der Waals surface area contributed by atoms with Gasteiger partial charge in [0.15, 0.2) is 0 Å². The Bertz CT molecular complexity index is 871. The number of aryl methyl sites for hydroxylation is 1. The third-order valence-corrected chi connectivity index (χ3v) is 5.15. The number of piperazine rings is 1. The zero-order valence-corrected chi connectivity index (χ0v) is 15.1. The molecule has 27 heavy (non-hydrogen) atoms. The summed E-state index contributed by atoms with van der Waals surface area (Å²) in [6, 6.07) is 6.59. The van der Waals surface area contributed by atoms with E-state index < -0.39 is 0 Å². The van der Waals surface area contributed by atoms with E-state index in [1.54, 1.807) is 35.4 Å². The largest absolute Gasteiger partial charge is 0.336 e. The maximum atomic E-state index is 12.9. The van der Waals surface area contributed by atoms with Crippen molar-refractivity contribution in [3.05, 3.63) is 53.6 Å². The number of carbonyl (C=O) groups excluding carboxylic acids is 3. The molecule has 1 atom stereocenters. The van der Waals surface area contributed by atoms with Crippen molar-refractivity contribution < 1.29 is 14.4 Å². The van der Waals surface area contributed by atoms with Crippen LogP contribution in [-0.2, 0) is 11.8 Å². The molecule has 1 saturated heterocycles.